The van der Waals surface area contributed by atoms with Gasteiger partial charge in [0, 0.05) is 35.3 Å². The summed E-state index contributed by atoms with van der Waals surface area (Å²) in [6.07, 6.45) is 8.70. The molecule has 31 heavy (non-hydrogen) atoms. The summed E-state index contributed by atoms with van der Waals surface area (Å²) in [5.74, 6) is -0.255. The lowest BCUT2D eigenvalue weighted by molar-refractivity contribution is 0.628. The number of aromatic nitrogens is 5. The molecule has 0 atom stereocenters. The van der Waals surface area contributed by atoms with E-state index in [1.54, 1.807) is 18.3 Å². The highest BCUT2D eigenvalue weighted by Gasteiger charge is 2.16. The third-order valence-corrected chi connectivity index (χ3v) is 5.81. The fourth-order valence-electron chi connectivity index (χ4n) is 4.21. The van der Waals surface area contributed by atoms with Gasteiger partial charge in [-0.2, -0.15) is 5.10 Å². The third kappa shape index (κ3) is 3.10. The number of pyridine rings is 2. The van der Waals surface area contributed by atoms with Crippen LogP contribution >= 0.6 is 0 Å². The second-order valence-electron chi connectivity index (χ2n) is 7.72. The van der Waals surface area contributed by atoms with Gasteiger partial charge in [0.05, 0.1) is 23.1 Å². The lowest BCUT2D eigenvalue weighted by Crippen LogP contribution is -2.20. The highest BCUT2D eigenvalue weighted by Crippen LogP contribution is 2.34. The van der Waals surface area contributed by atoms with Crippen molar-refractivity contribution < 1.29 is 4.39 Å². The van der Waals surface area contributed by atoms with Gasteiger partial charge in [0.25, 0.3) is 0 Å². The molecule has 1 aromatic carbocycles. The van der Waals surface area contributed by atoms with Crippen LogP contribution in [0, 0.1) is 5.82 Å². The lowest BCUT2D eigenvalue weighted by atomic mass is 10.0. The number of H-pyrrole nitrogens is 2. The van der Waals surface area contributed by atoms with Crippen molar-refractivity contribution in [2.75, 3.05) is 13.1 Å². The molecule has 0 bridgehead atoms. The van der Waals surface area contributed by atoms with Gasteiger partial charge in [-0.15, -0.1) is 0 Å². The molecule has 0 fully saturated rings. The largest absolute Gasteiger partial charge is 0.352 e. The lowest BCUT2D eigenvalue weighted by Gasteiger charge is -2.13. The SMILES string of the molecule is Fc1ccc(-c2cncc3[nH]c(-c4[nH]nc5ncc(C6=CCNCC6)cc45)cc23)cc1. The van der Waals surface area contributed by atoms with Crippen LogP contribution in [0.15, 0.2) is 61.1 Å². The van der Waals surface area contributed by atoms with Gasteiger partial charge in [-0.1, -0.05) is 18.2 Å². The summed E-state index contributed by atoms with van der Waals surface area (Å²) in [6, 6.07) is 10.7. The highest BCUT2D eigenvalue weighted by molar-refractivity contribution is 6.00. The molecule has 1 aliphatic rings. The van der Waals surface area contributed by atoms with E-state index < -0.39 is 0 Å². The molecule has 152 valence electrons. The van der Waals surface area contributed by atoms with E-state index in [-0.39, 0.29) is 5.82 Å². The Balaban J connectivity index is 1.48. The first-order chi connectivity index (χ1) is 15.3. The van der Waals surface area contributed by atoms with Gasteiger partial charge in [-0.25, -0.2) is 9.37 Å². The molecule has 4 aromatic heterocycles. The zero-order chi connectivity index (χ0) is 20.8. The van der Waals surface area contributed by atoms with Crippen LogP contribution in [0.2, 0.25) is 0 Å². The molecule has 0 aliphatic carbocycles. The van der Waals surface area contributed by atoms with E-state index in [1.807, 2.05) is 12.4 Å². The number of hydrogen-bond donors (Lipinski definition) is 3. The van der Waals surface area contributed by atoms with Crippen LogP contribution in [0.25, 0.3) is 50.0 Å². The first-order valence-electron chi connectivity index (χ1n) is 10.2. The number of aromatic amines is 2. The number of rotatable bonds is 3. The molecule has 0 saturated carbocycles. The molecule has 5 heterocycles. The fourth-order valence-corrected chi connectivity index (χ4v) is 4.21. The Hall–Kier alpha value is -3.84. The average molecular weight is 410 g/mol. The van der Waals surface area contributed by atoms with Crippen LogP contribution in [0.4, 0.5) is 4.39 Å². The number of halogens is 1. The Labute approximate surface area is 177 Å². The Bertz CT molecular complexity index is 1440. The first-order valence-corrected chi connectivity index (χ1v) is 10.2. The summed E-state index contributed by atoms with van der Waals surface area (Å²) in [5, 5.41) is 12.9. The summed E-state index contributed by atoms with van der Waals surface area (Å²) in [5.41, 5.74) is 7.69. The Kier molecular flexibility index (Phi) is 4.14. The zero-order valence-electron chi connectivity index (χ0n) is 16.6. The molecule has 1 aliphatic heterocycles. The van der Waals surface area contributed by atoms with Crippen molar-refractivity contribution in [3.63, 3.8) is 0 Å². The first kappa shape index (κ1) is 18.0. The van der Waals surface area contributed by atoms with E-state index in [0.717, 1.165) is 63.9 Å². The molecule has 7 heteroatoms. The molecule has 6 rings (SSSR count). The summed E-state index contributed by atoms with van der Waals surface area (Å²) in [4.78, 5) is 12.4. The number of nitrogens with one attached hydrogen (secondary N) is 3. The predicted molar refractivity (Wildman–Crippen MR) is 120 cm³/mol. The van der Waals surface area contributed by atoms with Gasteiger partial charge >= 0.3 is 0 Å². The fraction of sp³-hybridized carbons (Fsp3) is 0.125. The standard InChI is InChI=1S/C24H19FN6/c25-17-3-1-15(2-4-17)20-12-27-13-22-18(20)10-21(29-22)23-19-9-16(11-28-24(19)31-30-23)14-5-7-26-8-6-14/h1-5,9-13,26,29H,6-8H2,(H,28,30,31). The number of benzene rings is 1. The van der Waals surface area contributed by atoms with Gasteiger partial charge in [-0.3, -0.25) is 10.1 Å². The maximum Gasteiger partial charge on any atom is 0.181 e. The van der Waals surface area contributed by atoms with E-state index >= 15 is 0 Å². The molecule has 0 radical (unpaired) electrons. The maximum atomic E-state index is 13.4. The Morgan fingerprint density at radius 3 is 2.68 bits per heavy atom. The summed E-state index contributed by atoms with van der Waals surface area (Å²) >= 11 is 0. The minimum absolute atomic E-state index is 0.255. The van der Waals surface area contributed by atoms with Crippen LogP contribution in [0.1, 0.15) is 12.0 Å². The van der Waals surface area contributed by atoms with Crippen LogP contribution in [-0.2, 0) is 0 Å². The molecule has 0 unspecified atom stereocenters. The molecule has 3 N–H and O–H groups in total. The number of nitrogens with zero attached hydrogens (tertiary/aromatic N) is 3. The monoisotopic (exact) mass is 410 g/mol. The van der Waals surface area contributed by atoms with Crippen molar-refractivity contribution in [1.29, 1.82) is 0 Å². The zero-order valence-corrected chi connectivity index (χ0v) is 16.6. The quantitative estimate of drug-likeness (QED) is 0.403. The molecule has 6 nitrogen and oxygen atoms in total. The minimum Gasteiger partial charge on any atom is -0.352 e. The van der Waals surface area contributed by atoms with Crippen LogP contribution in [0.5, 0.6) is 0 Å². The molecule has 0 spiro atoms. The van der Waals surface area contributed by atoms with E-state index in [0.29, 0.717) is 5.65 Å². The van der Waals surface area contributed by atoms with Crippen molar-refractivity contribution in [3.05, 3.63) is 72.4 Å². The summed E-state index contributed by atoms with van der Waals surface area (Å²) in [7, 11) is 0. The van der Waals surface area contributed by atoms with Crippen molar-refractivity contribution in [3.8, 4) is 22.5 Å². The normalized spacial score (nSPS) is 14.3. The van der Waals surface area contributed by atoms with E-state index in [2.05, 4.69) is 48.7 Å². The van der Waals surface area contributed by atoms with Crippen molar-refractivity contribution in [2.45, 2.75) is 6.42 Å². The van der Waals surface area contributed by atoms with Gasteiger partial charge in [0.2, 0.25) is 0 Å². The van der Waals surface area contributed by atoms with E-state index in [9.17, 15) is 4.39 Å². The number of hydrogen-bond acceptors (Lipinski definition) is 4. The highest BCUT2D eigenvalue weighted by atomic mass is 19.1. The Morgan fingerprint density at radius 1 is 0.935 bits per heavy atom. The van der Waals surface area contributed by atoms with Crippen LogP contribution in [-0.4, -0.2) is 38.2 Å². The second kappa shape index (κ2) is 7.14. The van der Waals surface area contributed by atoms with Gasteiger partial charge in [0.1, 0.15) is 5.82 Å². The van der Waals surface area contributed by atoms with E-state index in [4.69, 9.17) is 0 Å². The maximum absolute atomic E-state index is 13.4. The third-order valence-electron chi connectivity index (χ3n) is 5.81. The van der Waals surface area contributed by atoms with Crippen molar-refractivity contribution >= 4 is 27.5 Å². The average Bonchev–Trinajstić information content (AvgIpc) is 3.43. The number of fused-ring (bicyclic) bond motifs is 2. The van der Waals surface area contributed by atoms with Crippen molar-refractivity contribution in [2.24, 2.45) is 0 Å². The molecule has 5 aromatic rings. The van der Waals surface area contributed by atoms with Gasteiger partial charge in [-0.05, 0) is 53.9 Å². The van der Waals surface area contributed by atoms with E-state index in [1.165, 1.54) is 17.7 Å². The van der Waals surface area contributed by atoms with Gasteiger partial charge in [0.15, 0.2) is 5.65 Å². The van der Waals surface area contributed by atoms with Crippen LogP contribution in [0.3, 0.4) is 0 Å². The molecule has 0 saturated heterocycles. The summed E-state index contributed by atoms with van der Waals surface area (Å²) in [6.45, 7) is 1.86. The molecular formula is C24H19FN6. The topological polar surface area (TPSA) is 82.3 Å². The Morgan fingerprint density at radius 2 is 1.84 bits per heavy atom. The smallest absolute Gasteiger partial charge is 0.181 e. The summed E-state index contributed by atoms with van der Waals surface area (Å²) < 4.78 is 13.4. The molecular weight excluding hydrogens is 391 g/mol. The second-order valence-corrected chi connectivity index (χ2v) is 7.72. The van der Waals surface area contributed by atoms with Gasteiger partial charge < -0.3 is 10.3 Å². The predicted octanol–water partition coefficient (Wildman–Crippen LogP) is 4.68. The van der Waals surface area contributed by atoms with Crippen LogP contribution < -0.4 is 5.32 Å². The van der Waals surface area contributed by atoms with Crippen molar-refractivity contribution in [1.82, 2.24) is 30.5 Å². The molecule has 0 amide bonds. The minimum atomic E-state index is -0.255.